The van der Waals surface area contributed by atoms with Crippen molar-refractivity contribution in [2.45, 2.75) is 0 Å². The molecule has 122 valence electrons. The average Bonchev–Trinajstić information content (AvgIpc) is 2.98. The smallest absolute Gasteiger partial charge is 0.321 e. The first-order chi connectivity index (χ1) is 11.2. The second-order valence-corrected chi connectivity index (χ2v) is 4.83. The third-order valence-electron chi connectivity index (χ3n) is 3.20. The van der Waals surface area contributed by atoms with Crippen LogP contribution in [0.25, 0.3) is 0 Å². The van der Waals surface area contributed by atoms with Gasteiger partial charge in [-0.3, -0.25) is 4.90 Å². The minimum Gasteiger partial charge on any atom is -0.383 e. The van der Waals surface area contributed by atoms with Gasteiger partial charge in [0.2, 0.25) is 0 Å². The number of carbonyl (C=O) groups is 2. The van der Waals surface area contributed by atoms with Gasteiger partial charge in [-0.1, -0.05) is 11.8 Å². The molecule has 1 aromatic rings. The van der Waals surface area contributed by atoms with Crippen LogP contribution in [0.4, 0.5) is 15.3 Å². The van der Waals surface area contributed by atoms with Crippen molar-refractivity contribution < 1.29 is 14.3 Å². The number of nitrogens with one attached hydrogen (secondary N) is 3. The number of benzene rings is 1. The van der Waals surface area contributed by atoms with E-state index in [4.69, 9.17) is 4.74 Å². The number of amides is 4. The van der Waals surface area contributed by atoms with Crippen LogP contribution in [0.3, 0.4) is 0 Å². The van der Waals surface area contributed by atoms with Crippen molar-refractivity contribution in [3.8, 4) is 11.8 Å². The van der Waals surface area contributed by atoms with Gasteiger partial charge in [0, 0.05) is 38.0 Å². The summed E-state index contributed by atoms with van der Waals surface area (Å²) in [4.78, 5) is 24.6. The van der Waals surface area contributed by atoms with Crippen LogP contribution in [0, 0.1) is 11.8 Å². The first-order valence-corrected chi connectivity index (χ1v) is 7.35. The van der Waals surface area contributed by atoms with Crippen LogP contribution in [0.5, 0.6) is 0 Å². The van der Waals surface area contributed by atoms with Gasteiger partial charge in [0.15, 0.2) is 0 Å². The van der Waals surface area contributed by atoms with E-state index in [1.54, 1.807) is 12.0 Å². The molecule has 1 aliphatic rings. The van der Waals surface area contributed by atoms with E-state index in [2.05, 4.69) is 27.8 Å². The summed E-state index contributed by atoms with van der Waals surface area (Å²) in [7, 11) is 1.58. The molecule has 0 unspecified atom stereocenters. The van der Waals surface area contributed by atoms with Crippen LogP contribution in [-0.2, 0) is 4.74 Å². The highest BCUT2D eigenvalue weighted by Gasteiger charge is 2.20. The van der Waals surface area contributed by atoms with Crippen LogP contribution in [0.2, 0.25) is 0 Å². The Hall–Kier alpha value is -2.72. The standard InChI is InChI=1S/C16H20N4O3/c1-23-12-10-18-15(21)17-8-2-3-13-4-6-14(7-5-13)20-11-9-19-16(20)22/h4-7H,8-12H2,1H3,(H,19,22)(H2,17,18,21). The van der Waals surface area contributed by atoms with E-state index in [0.29, 0.717) is 26.2 Å². The van der Waals surface area contributed by atoms with Crippen LogP contribution in [0.15, 0.2) is 24.3 Å². The number of hydrogen-bond donors (Lipinski definition) is 3. The second-order valence-electron chi connectivity index (χ2n) is 4.83. The first kappa shape index (κ1) is 16.6. The van der Waals surface area contributed by atoms with Gasteiger partial charge < -0.3 is 20.7 Å². The number of urea groups is 2. The van der Waals surface area contributed by atoms with E-state index in [1.807, 2.05) is 24.3 Å². The molecule has 1 aromatic carbocycles. The topological polar surface area (TPSA) is 82.7 Å². The number of ether oxygens (including phenoxy) is 1. The van der Waals surface area contributed by atoms with Crippen molar-refractivity contribution in [3.63, 3.8) is 0 Å². The Kier molecular flexibility index (Phi) is 6.27. The fraction of sp³-hybridized carbons (Fsp3) is 0.375. The van der Waals surface area contributed by atoms with Crippen molar-refractivity contribution in [3.05, 3.63) is 29.8 Å². The Labute approximate surface area is 135 Å². The van der Waals surface area contributed by atoms with E-state index in [0.717, 1.165) is 11.3 Å². The van der Waals surface area contributed by atoms with Gasteiger partial charge in [-0.15, -0.1) is 0 Å². The zero-order chi connectivity index (χ0) is 16.5. The lowest BCUT2D eigenvalue weighted by Crippen LogP contribution is -2.37. The maximum absolute atomic E-state index is 11.6. The molecule has 2 rings (SSSR count). The first-order valence-electron chi connectivity index (χ1n) is 7.35. The third-order valence-corrected chi connectivity index (χ3v) is 3.20. The molecule has 0 radical (unpaired) electrons. The maximum atomic E-state index is 11.6. The van der Waals surface area contributed by atoms with E-state index in [9.17, 15) is 9.59 Å². The zero-order valence-electron chi connectivity index (χ0n) is 13.0. The van der Waals surface area contributed by atoms with Gasteiger partial charge in [-0.05, 0) is 24.3 Å². The summed E-state index contributed by atoms with van der Waals surface area (Å²) >= 11 is 0. The summed E-state index contributed by atoms with van der Waals surface area (Å²) in [6.07, 6.45) is 0. The van der Waals surface area contributed by atoms with Crippen molar-refractivity contribution in [1.29, 1.82) is 0 Å². The molecular weight excluding hydrogens is 296 g/mol. The summed E-state index contributed by atoms with van der Waals surface area (Å²) in [5, 5.41) is 8.03. The Bertz CT molecular complexity index is 604. The molecule has 7 nitrogen and oxygen atoms in total. The SMILES string of the molecule is COCCNC(=O)NCC#Cc1ccc(N2CCNC2=O)cc1. The molecule has 0 saturated carbocycles. The number of hydrogen-bond acceptors (Lipinski definition) is 3. The zero-order valence-corrected chi connectivity index (χ0v) is 13.0. The molecule has 0 atom stereocenters. The minimum atomic E-state index is -0.272. The molecule has 1 aliphatic heterocycles. The quantitative estimate of drug-likeness (QED) is 0.547. The average molecular weight is 316 g/mol. The van der Waals surface area contributed by atoms with Crippen LogP contribution < -0.4 is 20.9 Å². The molecule has 1 fully saturated rings. The normalized spacial score (nSPS) is 13.1. The molecule has 4 amide bonds. The number of anilines is 1. The van der Waals surface area contributed by atoms with Crippen LogP contribution >= 0.6 is 0 Å². The molecule has 1 heterocycles. The highest BCUT2D eigenvalue weighted by atomic mass is 16.5. The van der Waals surface area contributed by atoms with Gasteiger partial charge in [0.25, 0.3) is 0 Å². The molecule has 0 bridgehead atoms. The summed E-state index contributed by atoms with van der Waals surface area (Å²) < 4.78 is 4.83. The maximum Gasteiger partial charge on any atom is 0.321 e. The lowest BCUT2D eigenvalue weighted by atomic mass is 10.2. The van der Waals surface area contributed by atoms with E-state index in [-0.39, 0.29) is 18.6 Å². The number of carbonyl (C=O) groups excluding carboxylic acids is 2. The fourth-order valence-electron chi connectivity index (χ4n) is 2.04. The van der Waals surface area contributed by atoms with Gasteiger partial charge in [0.1, 0.15) is 0 Å². The second kappa shape index (κ2) is 8.66. The number of methoxy groups -OCH3 is 1. The van der Waals surface area contributed by atoms with Crippen molar-refractivity contribution >= 4 is 17.7 Å². The van der Waals surface area contributed by atoms with E-state index < -0.39 is 0 Å². The summed E-state index contributed by atoms with van der Waals surface area (Å²) in [6.45, 7) is 2.53. The Morgan fingerprint density at radius 2 is 2.13 bits per heavy atom. The predicted molar refractivity (Wildman–Crippen MR) is 87.3 cm³/mol. The number of nitrogens with zero attached hydrogens (tertiary/aromatic N) is 1. The summed E-state index contributed by atoms with van der Waals surface area (Å²) in [5.41, 5.74) is 1.68. The summed E-state index contributed by atoms with van der Waals surface area (Å²) in [6, 6.07) is 7.08. The van der Waals surface area contributed by atoms with Crippen molar-refractivity contribution in [2.24, 2.45) is 0 Å². The molecule has 23 heavy (non-hydrogen) atoms. The number of rotatable bonds is 5. The van der Waals surface area contributed by atoms with Crippen molar-refractivity contribution in [2.75, 3.05) is 44.8 Å². The lowest BCUT2D eigenvalue weighted by molar-refractivity contribution is 0.196. The molecule has 1 saturated heterocycles. The van der Waals surface area contributed by atoms with Crippen LogP contribution in [0.1, 0.15) is 5.56 Å². The molecule has 7 heteroatoms. The highest BCUT2D eigenvalue weighted by Crippen LogP contribution is 2.16. The lowest BCUT2D eigenvalue weighted by Gasteiger charge is -2.13. The summed E-state index contributed by atoms with van der Waals surface area (Å²) in [5.74, 6) is 5.83. The molecule has 0 spiro atoms. The van der Waals surface area contributed by atoms with E-state index in [1.165, 1.54) is 0 Å². The molecule has 0 aliphatic carbocycles. The largest absolute Gasteiger partial charge is 0.383 e. The van der Waals surface area contributed by atoms with Gasteiger partial charge in [-0.2, -0.15) is 0 Å². The van der Waals surface area contributed by atoms with Gasteiger partial charge in [0.05, 0.1) is 13.2 Å². The monoisotopic (exact) mass is 316 g/mol. The minimum absolute atomic E-state index is 0.0764. The Morgan fingerprint density at radius 3 is 2.78 bits per heavy atom. The Morgan fingerprint density at radius 1 is 1.35 bits per heavy atom. The fourth-order valence-corrected chi connectivity index (χ4v) is 2.04. The molecule has 3 N–H and O–H groups in total. The van der Waals surface area contributed by atoms with Gasteiger partial charge in [-0.25, -0.2) is 9.59 Å². The van der Waals surface area contributed by atoms with Crippen LogP contribution in [-0.4, -0.2) is 52.0 Å². The van der Waals surface area contributed by atoms with Crippen molar-refractivity contribution in [1.82, 2.24) is 16.0 Å². The molecular formula is C16H20N4O3. The predicted octanol–water partition coefficient (Wildman–Crippen LogP) is 0.513. The highest BCUT2D eigenvalue weighted by molar-refractivity contribution is 5.94. The van der Waals surface area contributed by atoms with E-state index >= 15 is 0 Å². The third kappa shape index (κ3) is 5.20. The van der Waals surface area contributed by atoms with Gasteiger partial charge >= 0.3 is 12.1 Å². The molecule has 0 aromatic heterocycles. The Balaban J connectivity index is 1.78.